The maximum Gasteiger partial charge on any atom is 0.300 e. The fourth-order valence-electron chi connectivity index (χ4n) is 4.99. The van der Waals surface area contributed by atoms with E-state index in [4.69, 9.17) is 14.7 Å². The first-order chi connectivity index (χ1) is 14.5. The number of oxazole rings is 1. The molecule has 0 saturated carbocycles. The summed E-state index contributed by atoms with van der Waals surface area (Å²) >= 11 is 0. The van der Waals surface area contributed by atoms with Gasteiger partial charge in [0.05, 0.1) is 17.3 Å². The number of nitrogens with zero attached hydrogens (tertiary/aromatic N) is 5. The SMILES string of the molecule is Cc1cc(C#N)cc(O)c1-c1ccc2oc(N3CCCC4CCN(C)CC43)nc2n1. The van der Waals surface area contributed by atoms with E-state index in [0.29, 0.717) is 46.0 Å². The number of benzene rings is 1. The number of aromatic hydroxyl groups is 1. The summed E-state index contributed by atoms with van der Waals surface area (Å²) in [5, 5.41) is 19.6. The Kier molecular flexibility index (Phi) is 4.59. The summed E-state index contributed by atoms with van der Waals surface area (Å²) < 4.78 is 6.11. The first kappa shape index (κ1) is 18.9. The van der Waals surface area contributed by atoms with E-state index in [9.17, 15) is 5.11 Å². The molecule has 1 aromatic carbocycles. The number of fused-ring (bicyclic) bond motifs is 2. The Hall–Kier alpha value is -3.11. The highest BCUT2D eigenvalue weighted by molar-refractivity contribution is 5.79. The van der Waals surface area contributed by atoms with Crippen molar-refractivity contribution in [1.82, 2.24) is 14.9 Å². The molecule has 4 heterocycles. The fraction of sp³-hybridized carbons (Fsp3) is 0.435. The van der Waals surface area contributed by atoms with E-state index in [-0.39, 0.29) is 5.75 Å². The highest BCUT2D eigenvalue weighted by Crippen LogP contribution is 2.36. The van der Waals surface area contributed by atoms with Crippen LogP contribution in [-0.4, -0.2) is 52.7 Å². The Morgan fingerprint density at radius 3 is 2.87 bits per heavy atom. The standard InChI is InChI=1S/C23H25N5O2/c1-14-10-15(12-24)11-19(29)21(14)17-5-6-20-22(25-17)26-23(30-20)28-8-3-4-16-7-9-27(2)13-18(16)28/h5-6,10-11,16,18,29H,3-4,7-9,13H2,1-2H3. The minimum atomic E-state index is 0.0474. The Labute approximate surface area is 175 Å². The van der Waals surface area contributed by atoms with Gasteiger partial charge in [-0.15, -0.1) is 0 Å². The number of nitriles is 1. The largest absolute Gasteiger partial charge is 0.507 e. The summed E-state index contributed by atoms with van der Waals surface area (Å²) in [7, 11) is 2.18. The second kappa shape index (κ2) is 7.29. The van der Waals surface area contributed by atoms with Crippen LogP contribution in [0.15, 0.2) is 28.7 Å². The van der Waals surface area contributed by atoms with E-state index >= 15 is 0 Å². The normalized spacial score (nSPS) is 22.1. The molecule has 5 rings (SSSR count). The molecule has 2 fully saturated rings. The number of hydrogen-bond donors (Lipinski definition) is 1. The molecular formula is C23H25N5O2. The molecule has 0 aliphatic carbocycles. The summed E-state index contributed by atoms with van der Waals surface area (Å²) in [5.74, 6) is 0.734. The molecule has 2 aliphatic rings. The quantitative estimate of drug-likeness (QED) is 0.698. The molecule has 7 heteroatoms. The van der Waals surface area contributed by atoms with Gasteiger partial charge in [-0.1, -0.05) is 0 Å². The first-order valence-electron chi connectivity index (χ1n) is 10.5. The maximum atomic E-state index is 10.4. The fourth-order valence-corrected chi connectivity index (χ4v) is 4.99. The van der Waals surface area contributed by atoms with Gasteiger partial charge in [-0.25, -0.2) is 4.98 Å². The molecule has 2 atom stereocenters. The van der Waals surface area contributed by atoms with Crippen molar-refractivity contribution in [2.24, 2.45) is 5.92 Å². The average Bonchev–Trinajstić information content (AvgIpc) is 3.16. The van der Waals surface area contributed by atoms with Crippen LogP contribution in [-0.2, 0) is 0 Å². The lowest BCUT2D eigenvalue weighted by Crippen LogP contribution is -2.54. The van der Waals surface area contributed by atoms with E-state index in [1.807, 2.05) is 19.1 Å². The number of aromatic nitrogens is 2. The Morgan fingerprint density at radius 1 is 1.20 bits per heavy atom. The van der Waals surface area contributed by atoms with E-state index in [1.165, 1.54) is 18.9 Å². The smallest absolute Gasteiger partial charge is 0.300 e. The van der Waals surface area contributed by atoms with Crippen LogP contribution in [0.1, 0.15) is 30.4 Å². The number of likely N-dealkylation sites (tertiary alicyclic amines) is 1. The van der Waals surface area contributed by atoms with Crippen LogP contribution in [0.2, 0.25) is 0 Å². The molecular weight excluding hydrogens is 378 g/mol. The van der Waals surface area contributed by atoms with Crippen LogP contribution < -0.4 is 4.90 Å². The third-order valence-electron chi connectivity index (χ3n) is 6.49. The lowest BCUT2D eigenvalue weighted by molar-refractivity contribution is 0.155. The molecule has 0 spiro atoms. The summed E-state index contributed by atoms with van der Waals surface area (Å²) in [5.41, 5.74) is 3.65. The predicted molar refractivity (Wildman–Crippen MR) is 114 cm³/mol. The molecule has 2 unspecified atom stereocenters. The van der Waals surface area contributed by atoms with Gasteiger partial charge in [-0.3, -0.25) is 0 Å². The zero-order valence-electron chi connectivity index (χ0n) is 17.3. The van der Waals surface area contributed by atoms with Gasteiger partial charge in [0.15, 0.2) is 5.58 Å². The van der Waals surface area contributed by atoms with Crippen molar-refractivity contribution in [3.05, 3.63) is 35.4 Å². The number of hydrogen-bond acceptors (Lipinski definition) is 7. The van der Waals surface area contributed by atoms with Crippen LogP contribution in [0.4, 0.5) is 6.01 Å². The van der Waals surface area contributed by atoms with E-state index < -0.39 is 0 Å². The Balaban J connectivity index is 1.51. The minimum Gasteiger partial charge on any atom is -0.507 e. The van der Waals surface area contributed by atoms with E-state index in [0.717, 1.165) is 31.6 Å². The zero-order chi connectivity index (χ0) is 20.8. The van der Waals surface area contributed by atoms with Gasteiger partial charge in [0.25, 0.3) is 6.01 Å². The Morgan fingerprint density at radius 2 is 2.07 bits per heavy atom. The van der Waals surface area contributed by atoms with Crippen molar-refractivity contribution in [3.8, 4) is 23.1 Å². The molecule has 1 N–H and O–H groups in total. The monoisotopic (exact) mass is 403 g/mol. The number of piperidine rings is 2. The van der Waals surface area contributed by atoms with Crippen molar-refractivity contribution in [2.45, 2.75) is 32.2 Å². The number of phenolic OH excluding ortho intramolecular Hbond substituents is 1. The van der Waals surface area contributed by atoms with Gasteiger partial charge in [0.2, 0.25) is 5.65 Å². The number of anilines is 1. The van der Waals surface area contributed by atoms with Crippen LogP contribution in [0.5, 0.6) is 5.75 Å². The summed E-state index contributed by atoms with van der Waals surface area (Å²) in [6.07, 6.45) is 3.65. The summed E-state index contributed by atoms with van der Waals surface area (Å²) in [6.45, 7) is 4.99. The second-order valence-corrected chi connectivity index (χ2v) is 8.53. The molecule has 154 valence electrons. The van der Waals surface area contributed by atoms with Crippen molar-refractivity contribution in [2.75, 3.05) is 31.6 Å². The van der Waals surface area contributed by atoms with E-state index in [2.05, 4.69) is 27.9 Å². The molecule has 7 nitrogen and oxygen atoms in total. The number of likely N-dealkylation sites (N-methyl/N-ethyl adjacent to an activating group) is 1. The predicted octanol–water partition coefficient (Wildman–Crippen LogP) is 3.70. The van der Waals surface area contributed by atoms with Crippen LogP contribution in [0.25, 0.3) is 22.5 Å². The number of pyridine rings is 1. The maximum absolute atomic E-state index is 10.4. The molecule has 30 heavy (non-hydrogen) atoms. The third-order valence-corrected chi connectivity index (χ3v) is 6.49. The number of rotatable bonds is 2. The summed E-state index contributed by atoms with van der Waals surface area (Å²) in [4.78, 5) is 14.1. The molecule has 0 bridgehead atoms. The second-order valence-electron chi connectivity index (χ2n) is 8.53. The van der Waals surface area contributed by atoms with Crippen molar-refractivity contribution in [1.29, 1.82) is 5.26 Å². The molecule has 2 aliphatic heterocycles. The lowest BCUT2D eigenvalue weighted by atomic mass is 9.84. The number of phenols is 1. The molecule has 0 amide bonds. The van der Waals surface area contributed by atoms with Crippen LogP contribution in [0, 0.1) is 24.2 Å². The highest BCUT2D eigenvalue weighted by atomic mass is 16.4. The number of aryl methyl sites for hydroxylation is 1. The third kappa shape index (κ3) is 3.17. The van der Waals surface area contributed by atoms with Gasteiger partial charge in [-0.05, 0) is 75.5 Å². The van der Waals surface area contributed by atoms with Gasteiger partial charge >= 0.3 is 0 Å². The van der Waals surface area contributed by atoms with Crippen molar-refractivity contribution in [3.63, 3.8) is 0 Å². The molecule has 0 radical (unpaired) electrons. The lowest BCUT2D eigenvalue weighted by Gasteiger charge is -2.45. The van der Waals surface area contributed by atoms with Gasteiger partial charge in [0, 0.05) is 24.7 Å². The average molecular weight is 403 g/mol. The minimum absolute atomic E-state index is 0.0474. The van der Waals surface area contributed by atoms with E-state index in [1.54, 1.807) is 6.07 Å². The molecule has 3 aromatic rings. The van der Waals surface area contributed by atoms with Crippen LogP contribution >= 0.6 is 0 Å². The van der Waals surface area contributed by atoms with Crippen molar-refractivity contribution < 1.29 is 9.52 Å². The van der Waals surface area contributed by atoms with Gasteiger partial charge < -0.3 is 19.3 Å². The first-order valence-corrected chi connectivity index (χ1v) is 10.5. The Bertz CT molecular complexity index is 1130. The molecule has 2 saturated heterocycles. The van der Waals surface area contributed by atoms with Gasteiger partial charge in [-0.2, -0.15) is 10.2 Å². The molecule has 2 aromatic heterocycles. The van der Waals surface area contributed by atoms with Crippen molar-refractivity contribution >= 4 is 17.2 Å². The topological polar surface area (TPSA) is 89.4 Å². The van der Waals surface area contributed by atoms with Crippen LogP contribution in [0.3, 0.4) is 0 Å². The highest BCUT2D eigenvalue weighted by Gasteiger charge is 2.37. The van der Waals surface area contributed by atoms with Gasteiger partial charge in [0.1, 0.15) is 5.75 Å². The zero-order valence-corrected chi connectivity index (χ0v) is 17.3. The summed E-state index contributed by atoms with van der Waals surface area (Å²) in [6, 6.07) is 10.0.